The van der Waals surface area contributed by atoms with Crippen LogP contribution in [0.25, 0.3) is 0 Å². The van der Waals surface area contributed by atoms with Crippen molar-refractivity contribution in [2.24, 2.45) is 0 Å². The summed E-state index contributed by atoms with van der Waals surface area (Å²) in [5.74, 6) is 0.583. The lowest BCUT2D eigenvalue weighted by Crippen LogP contribution is -2.49. The zero-order valence-electron chi connectivity index (χ0n) is 19.7. The highest BCUT2D eigenvalue weighted by molar-refractivity contribution is 5.90. The fourth-order valence-corrected chi connectivity index (χ4v) is 4.00. The summed E-state index contributed by atoms with van der Waals surface area (Å²) >= 11 is 0. The van der Waals surface area contributed by atoms with E-state index in [4.69, 9.17) is 4.74 Å². The molecule has 0 saturated carbocycles. The standard InChI is InChI=1S/C26H31N5O3/c1-20-8-10-21(11-9-20)24-18-30(14-13-29(24)2)26(33)19-31-17-22(16-27-31)28-25(32)12-15-34-23-6-4-3-5-7-23/h3-11,16-17,24H,12-15,18-19H2,1-2H3,(H,28,32). The summed E-state index contributed by atoms with van der Waals surface area (Å²) in [6.07, 6.45) is 3.46. The molecular formula is C26H31N5O3. The van der Waals surface area contributed by atoms with Crippen molar-refractivity contribution >= 4 is 17.5 Å². The largest absolute Gasteiger partial charge is 0.493 e. The van der Waals surface area contributed by atoms with Gasteiger partial charge in [-0.25, -0.2) is 0 Å². The lowest BCUT2D eigenvalue weighted by atomic mass is 10.0. The molecule has 178 valence electrons. The van der Waals surface area contributed by atoms with Gasteiger partial charge < -0.3 is 15.0 Å². The van der Waals surface area contributed by atoms with E-state index in [1.165, 1.54) is 11.1 Å². The number of hydrogen-bond acceptors (Lipinski definition) is 5. The average Bonchev–Trinajstić information content (AvgIpc) is 3.27. The van der Waals surface area contributed by atoms with Gasteiger partial charge in [0.1, 0.15) is 12.3 Å². The maximum absolute atomic E-state index is 13.0. The number of hydrogen-bond donors (Lipinski definition) is 1. The number of rotatable bonds is 8. The molecule has 0 radical (unpaired) electrons. The number of benzene rings is 2. The number of ether oxygens (including phenoxy) is 1. The Hall–Kier alpha value is -3.65. The van der Waals surface area contributed by atoms with E-state index in [0.29, 0.717) is 18.8 Å². The summed E-state index contributed by atoms with van der Waals surface area (Å²) in [4.78, 5) is 29.3. The number of anilines is 1. The molecule has 1 aliphatic rings. The van der Waals surface area contributed by atoms with Crippen molar-refractivity contribution < 1.29 is 14.3 Å². The Labute approximate surface area is 200 Å². The first kappa shape index (κ1) is 23.5. The molecule has 0 spiro atoms. The van der Waals surface area contributed by atoms with Gasteiger partial charge in [0.25, 0.3) is 0 Å². The van der Waals surface area contributed by atoms with Crippen molar-refractivity contribution in [2.45, 2.75) is 25.9 Å². The van der Waals surface area contributed by atoms with Gasteiger partial charge in [0, 0.05) is 25.8 Å². The van der Waals surface area contributed by atoms with Gasteiger partial charge in [0.15, 0.2) is 0 Å². The molecule has 1 atom stereocenters. The highest BCUT2D eigenvalue weighted by Crippen LogP contribution is 2.24. The molecule has 34 heavy (non-hydrogen) atoms. The van der Waals surface area contributed by atoms with Crippen LogP contribution in [0.1, 0.15) is 23.6 Å². The molecule has 8 nitrogen and oxygen atoms in total. The molecule has 0 aliphatic carbocycles. The molecule has 1 aliphatic heterocycles. The first-order chi connectivity index (χ1) is 16.5. The van der Waals surface area contributed by atoms with Crippen LogP contribution in [0.2, 0.25) is 0 Å². The van der Waals surface area contributed by atoms with E-state index in [2.05, 4.69) is 53.6 Å². The maximum Gasteiger partial charge on any atom is 0.244 e. The zero-order valence-corrected chi connectivity index (χ0v) is 19.7. The van der Waals surface area contributed by atoms with E-state index in [-0.39, 0.29) is 37.4 Å². The number of aromatic nitrogens is 2. The first-order valence-electron chi connectivity index (χ1n) is 11.5. The van der Waals surface area contributed by atoms with Gasteiger partial charge in [-0.15, -0.1) is 0 Å². The van der Waals surface area contributed by atoms with Crippen molar-refractivity contribution in [3.8, 4) is 5.75 Å². The molecule has 2 aromatic carbocycles. The number of piperazine rings is 1. The SMILES string of the molecule is Cc1ccc(C2CN(C(=O)Cn3cc(NC(=O)CCOc4ccccc4)cn3)CCN2C)cc1. The Morgan fingerprint density at radius 2 is 1.85 bits per heavy atom. The van der Waals surface area contributed by atoms with Gasteiger partial charge in [0.05, 0.1) is 31.0 Å². The minimum absolute atomic E-state index is 0.0162. The van der Waals surface area contributed by atoms with Gasteiger partial charge >= 0.3 is 0 Å². The van der Waals surface area contributed by atoms with Gasteiger partial charge in [-0.1, -0.05) is 48.0 Å². The highest BCUT2D eigenvalue weighted by Gasteiger charge is 2.28. The molecule has 1 aromatic heterocycles. The van der Waals surface area contributed by atoms with Crippen molar-refractivity contribution in [2.75, 3.05) is 38.6 Å². The molecule has 1 N–H and O–H groups in total. The molecule has 1 fully saturated rings. The topological polar surface area (TPSA) is 79.7 Å². The van der Waals surface area contributed by atoms with Crippen LogP contribution in [0, 0.1) is 6.92 Å². The molecule has 2 amide bonds. The maximum atomic E-state index is 13.0. The molecule has 4 rings (SSSR count). The monoisotopic (exact) mass is 461 g/mol. The number of aryl methyl sites for hydroxylation is 1. The quantitative estimate of drug-likeness (QED) is 0.558. The smallest absolute Gasteiger partial charge is 0.244 e. The van der Waals surface area contributed by atoms with E-state index >= 15 is 0 Å². The normalized spacial score (nSPS) is 16.3. The van der Waals surface area contributed by atoms with Crippen molar-refractivity contribution in [1.82, 2.24) is 19.6 Å². The van der Waals surface area contributed by atoms with Crippen LogP contribution in [0.4, 0.5) is 5.69 Å². The van der Waals surface area contributed by atoms with E-state index in [1.54, 1.807) is 17.1 Å². The molecule has 8 heteroatoms. The third kappa shape index (κ3) is 6.23. The third-order valence-corrected chi connectivity index (χ3v) is 6.02. The molecular weight excluding hydrogens is 430 g/mol. The number of carbonyl (C=O) groups is 2. The zero-order chi connectivity index (χ0) is 23.9. The second-order valence-corrected chi connectivity index (χ2v) is 8.63. The first-order valence-corrected chi connectivity index (χ1v) is 11.5. The third-order valence-electron chi connectivity index (χ3n) is 6.02. The summed E-state index contributed by atoms with van der Waals surface area (Å²) < 4.78 is 7.13. The van der Waals surface area contributed by atoms with Crippen molar-refractivity contribution in [1.29, 1.82) is 0 Å². The number of amides is 2. The number of nitrogens with zero attached hydrogens (tertiary/aromatic N) is 4. The van der Waals surface area contributed by atoms with Crippen molar-refractivity contribution in [3.63, 3.8) is 0 Å². The fourth-order valence-electron chi connectivity index (χ4n) is 4.00. The van der Waals surface area contributed by atoms with Crippen LogP contribution in [0.15, 0.2) is 67.0 Å². The Morgan fingerprint density at radius 1 is 1.09 bits per heavy atom. The molecule has 2 heterocycles. The van der Waals surface area contributed by atoms with E-state index in [9.17, 15) is 9.59 Å². The van der Waals surface area contributed by atoms with Gasteiger partial charge in [-0.3, -0.25) is 19.2 Å². The van der Waals surface area contributed by atoms with Crippen LogP contribution in [-0.2, 0) is 16.1 Å². The second-order valence-electron chi connectivity index (χ2n) is 8.63. The van der Waals surface area contributed by atoms with Crippen LogP contribution < -0.4 is 10.1 Å². The van der Waals surface area contributed by atoms with E-state index in [0.717, 1.165) is 12.3 Å². The Balaban J connectivity index is 1.26. The summed E-state index contributed by atoms with van der Waals surface area (Å²) in [5, 5.41) is 7.05. The minimum atomic E-state index is -0.165. The predicted octanol–water partition coefficient (Wildman–Crippen LogP) is 3.11. The minimum Gasteiger partial charge on any atom is -0.493 e. The summed E-state index contributed by atoms with van der Waals surface area (Å²) in [7, 11) is 2.10. The van der Waals surface area contributed by atoms with E-state index < -0.39 is 0 Å². The van der Waals surface area contributed by atoms with Gasteiger partial charge in [-0.2, -0.15) is 5.10 Å². The van der Waals surface area contributed by atoms with Crippen LogP contribution in [0.5, 0.6) is 5.75 Å². The lowest BCUT2D eigenvalue weighted by Gasteiger charge is -2.39. The van der Waals surface area contributed by atoms with Gasteiger partial charge in [0.2, 0.25) is 11.8 Å². The fraction of sp³-hybridized carbons (Fsp3) is 0.346. The number of carbonyl (C=O) groups excluding carboxylic acids is 2. The Bertz CT molecular complexity index is 1100. The molecule has 3 aromatic rings. The molecule has 0 bridgehead atoms. The summed E-state index contributed by atoms with van der Waals surface area (Å²) in [5.41, 5.74) is 3.00. The predicted molar refractivity (Wildman–Crippen MR) is 131 cm³/mol. The van der Waals surface area contributed by atoms with Crippen molar-refractivity contribution in [3.05, 3.63) is 78.1 Å². The Kier molecular flexibility index (Phi) is 7.59. The number of nitrogens with one attached hydrogen (secondary N) is 1. The van der Waals surface area contributed by atoms with Crippen LogP contribution in [-0.4, -0.2) is 64.7 Å². The summed E-state index contributed by atoms with van der Waals surface area (Å²) in [6, 6.07) is 18.0. The van der Waals surface area contributed by atoms with Gasteiger partial charge in [-0.05, 0) is 31.7 Å². The second kappa shape index (κ2) is 11.0. The van der Waals surface area contributed by atoms with Crippen LogP contribution in [0.3, 0.4) is 0 Å². The molecule has 1 unspecified atom stereocenters. The van der Waals surface area contributed by atoms with E-state index in [1.807, 2.05) is 35.2 Å². The lowest BCUT2D eigenvalue weighted by molar-refractivity contribution is -0.134. The number of para-hydroxylation sites is 1. The molecule has 1 saturated heterocycles. The Morgan fingerprint density at radius 3 is 2.62 bits per heavy atom. The summed E-state index contributed by atoms with van der Waals surface area (Å²) in [6.45, 7) is 4.64. The average molecular weight is 462 g/mol. The highest BCUT2D eigenvalue weighted by atomic mass is 16.5. The number of likely N-dealkylation sites (N-methyl/N-ethyl adjacent to an activating group) is 1. The van der Waals surface area contributed by atoms with Crippen LogP contribution >= 0.6 is 0 Å².